The van der Waals surface area contributed by atoms with E-state index in [2.05, 4.69) is 23.2 Å². The SMILES string of the molecule is COc1ccccc1C1=NNC(S)O1. The van der Waals surface area contributed by atoms with Crippen molar-refractivity contribution >= 4 is 18.5 Å². The largest absolute Gasteiger partial charge is 0.496 e. The van der Waals surface area contributed by atoms with E-state index in [1.54, 1.807) is 7.11 Å². The summed E-state index contributed by atoms with van der Waals surface area (Å²) in [6.07, 6.45) is 0. The first-order chi connectivity index (χ1) is 6.81. The zero-order chi connectivity index (χ0) is 9.97. The van der Waals surface area contributed by atoms with Crippen molar-refractivity contribution in [3.63, 3.8) is 0 Å². The standard InChI is InChI=1S/C9H10N2O2S/c1-12-7-5-3-2-4-6(7)8-10-11-9(14)13-8/h2-5,9,11,14H,1H3. The molecular weight excluding hydrogens is 200 g/mol. The summed E-state index contributed by atoms with van der Waals surface area (Å²) in [7, 11) is 1.61. The number of hydrogen-bond donors (Lipinski definition) is 2. The van der Waals surface area contributed by atoms with Crippen LogP contribution in [0.4, 0.5) is 0 Å². The van der Waals surface area contributed by atoms with Crippen LogP contribution in [-0.4, -0.2) is 18.6 Å². The molecule has 0 aromatic heterocycles. The van der Waals surface area contributed by atoms with Gasteiger partial charge >= 0.3 is 0 Å². The van der Waals surface area contributed by atoms with Crippen LogP contribution >= 0.6 is 12.6 Å². The number of nitrogens with zero attached hydrogens (tertiary/aromatic N) is 1. The minimum Gasteiger partial charge on any atom is -0.496 e. The van der Waals surface area contributed by atoms with Gasteiger partial charge in [0.05, 0.1) is 12.7 Å². The molecule has 0 spiro atoms. The Bertz CT molecular complexity index is 368. The van der Waals surface area contributed by atoms with E-state index in [0.717, 1.165) is 11.3 Å². The highest BCUT2D eigenvalue weighted by Crippen LogP contribution is 2.21. The highest BCUT2D eigenvalue weighted by Gasteiger charge is 2.19. The Balaban J connectivity index is 2.32. The van der Waals surface area contributed by atoms with Crippen molar-refractivity contribution in [1.29, 1.82) is 0 Å². The van der Waals surface area contributed by atoms with E-state index in [1.807, 2.05) is 24.3 Å². The van der Waals surface area contributed by atoms with Gasteiger partial charge in [0.2, 0.25) is 11.5 Å². The second-order valence-corrected chi connectivity index (χ2v) is 3.19. The predicted octanol–water partition coefficient (Wildman–Crippen LogP) is 1.19. The number of methoxy groups -OCH3 is 1. The van der Waals surface area contributed by atoms with Crippen LogP contribution in [0.3, 0.4) is 0 Å². The number of hydrazone groups is 1. The fourth-order valence-electron chi connectivity index (χ4n) is 1.22. The average molecular weight is 210 g/mol. The smallest absolute Gasteiger partial charge is 0.244 e. The van der Waals surface area contributed by atoms with Crippen LogP contribution in [0.15, 0.2) is 29.4 Å². The first-order valence-corrected chi connectivity index (χ1v) is 4.64. The molecule has 1 aromatic carbocycles. The lowest BCUT2D eigenvalue weighted by molar-refractivity contribution is 0.281. The first kappa shape index (κ1) is 9.21. The molecule has 1 unspecified atom stereocenters. The van der Waals surface area contributed by atoms with Gasteiger partial charge in [-0.15, -0.1) is 17.7 Å². The van der Waals surface area contributed by atoms with Crippen molar-refractivity contribution in [3.8, 4) is 5.75 Å². The Morgan fingerprint density at radius 3 is 2.93 bits per heavy atom. The lowest BCUT2D eigenvalue weighted by atomic mass is 10.2. The molecule has 1 heterocycles. The minimum absolute atomic E-state index is 0.380. The molecule has 1 aromatic rings. The highest BCUT2D eigenvalue weighted by atomic mass is 32.1. The van der Waals surface area contributed by atoms with E-state index < -0.39 is 0 Å². The topological polar surface area (TPSA) is 42.8 Å². The molecule has 74 valence electrons. The lowest BCUT2D eigenvalue weighted by Gasteiger charge is -2.07. The van der Waals surface area contributed by atoms with Crippen molar-refractivity contribution in [1.82, 2.24) is 5.43 Å². The molecule has 4 nitrogen and oxygen atoms in total. The van der Waals surface area contributed by atoms with Gasteiger partial charge in [-0.25, -0.2) is 0 Å². The number of thiol groups is 1. The van der Waals surface area contributed by atoms with Crippen LogP contribution in [0.25, 0.3) is 0 Å². The van der Waals surface area contributed by atoms with E-state index in [0.29, 0.717) is 5.90 Å². The van der Waals surface area contributed by atoms with Gasteiger partial charge in [-0.05, 0) is 12.1 Å². The van der Waals surface area contributed by atoms with Gasteiger partial charge in [0.15, 0.2) is 0 Å². The fraction of sp³-hybridized carbons (Fsp3) is 0.222. The van der Waals surface area contributed by atoms with Crippen molar-refractivity contribution in [2.24, 2.45) is 5.10 Å². The van der Waals surface area contributed by atoms with Gasteiger partial charge in [0, 0.05) is 0 Å². The summed E-state index contributed by atoms with van der Waals surface area (Å²) in [4.78, 5) is 0. The quantitative estimate of drug-likeness (QED) is 0.721. The normalized spacial score (nSPS) is 19.6. The molecule has 0 saturated heterocycles. The fourth-order valence-corrected chi connectivity index (χ4v) is 1.37. The lowest BCUT2D eigenvalue weighted by Crippen LogP contribution is -2.13. The van der Waals surface area contributed by atoms with Crippen LogP contribution in [0.2, 0.25) is 0 Å². The van der Waals surface area contributed by atoms with Crippen molar-refractivity contribution in [2.75, 3.05) is 7.11 Å². The molecule has 0 fully saturated rings. The molecule has 1 aliphatic rings. The Morgan fingerprint density at radius 1 is 1.50 bits per heavy atom. The van der Waals surface area contributed by atoms with E-state index in [1.165, 1.54) is 0 Å². The van der Waals surface area contributed by atoms with Gasteiger partial charge in [-0.3, -0.25) is 5.43 Å². The summed E-state index contributed by atoms with van der Waals surface area (Å²) in [6.45, 7) is 0. The van der Waals surface area contributed by atoms with Crippen molar-refractivity contribution in [2.45, 2.75) is 5.56 Å². The summed E-state index contributed by atoms with van der Waals surface area (Å²) in [5, 5.41) is 3.98. The van der Waals surface area contributed by atoms with Crippen LogP contribution in [-0.2, 0) is 4.74 Å². The van der Waals surface area contributed by atoms with E-state index in [4.69, 9.17) is 9.47 Å². The Kier molecular flexibility index (Phi) is 2.49. The van der Waals surface area contributed by atoms with Crippen LogP contribution in [0.1, 0.15) is 5.56 Å². The summed E-state index contributed by atoms with van der Waals surface area (Å²) in [6, 6.07) is 7.53. The number of ether oxygens (including phenoxy) is 2. The molecule has 0 amide bonds. The molecule has 2 rings (SSSR count). The molecule has 0 bridgehead atoms. The third-order valence-corrected chi connectivity index (χ3v) is 2.06. The van der Waals surface area contributed by atoms with E-state index >= 15 is 0 Å². The van der Waals surface area contributed by atoms with Gasteiger partial charge in [0.1, 0.15) is 5.75 Å². The monoisotopic (exact) mass is 210 g/mol. The maximum Gasteiger partial charge on any atom is 0.244 e. The minimum atomic E-state index is -0.380. The zero-order valence-electron chi connectivity index (χ0n) is 7.60. The zero-order valence-corrected chi connectivity index (χ0v) is 8.49. The van der Waals surface area contributed by atoms with Gasteiger partial charge < -0.3 is 9.47 Å². The van der Waals surface area contributed by atoms with Crippen molar-refractivity contribution < 1.29 is 9.47 Å². The molecule has 0 radical (unpaired) electrons. The molecule has 1 aliphatic heterocycles. The maximum atomic E-state index is 5.31. The molecule has 5 heteroatoms. The van der Waals surface area contributed by atoms with Crippen LogP contribution in [0.5, 0.6) is 5.75 Å². The van der Waals surface area contributed by atoms with Crippen LogP contribution in [0, 0.1) is 0 Å². The Hall–Kier alpha value is -1.36. The summed E-state index contributed by atoms with van der Waals surface area (Å²) >= 11 is 4.08. The third kappa shape index (κ3) is 1.63. The highest BCUT2D eigenvalue weighted by molar-refractivity contribution is 7.80. The summed E-state index contributed by atoms with van der Waals surface area (Å²) in [5.41, 5.74) is 3.13. The maximum absolute atomic E-state index is 5.31. The number of hydrogen-bond acceptors (Lipinski definition) is 5. The molecule has 0 saturated carbocycles. The molecule has 14 heavy (non-hydrogen) atoms. The van der Waals surface area contributed by atoms with E-state index in [-0.39, 0.29) is 5.56 Å². The second kappa shape index (κ2) is 3.79. The van der Waals surface area contributed by atoms with Gasteiger partial charge in [-0.1, -0.05) is 12.1 Å². The summed E-state index contributed by atoms with van der Waals surface area (Å²) in [5.74, 6) is 1.23. The first-order valence-electron chi connectivity index (χ1n) is 4.12. The second-order valence-electron chi connectivity index (χ2n) is 2.72. The number of para-hydroxylation sites is 1. The molecule has 1 N–H and O–H groups in total. The number of benzene rings is 1. The summed E-state index contributed by atoms with van der Waals surface area (Å²) < 4.78 is 10.5. The van der Waals surface area contributed by atoms with Crippen LogP contribution < -0.4 is 10.2 Å². The van der Waals surface area contributed by atoms with Crippen molar-refractivity contribution in [3.05, 3.63) is 29.8 Å². The molecule has 1 atom stereocenters. The number of rotatable bonds is 2. The van der Waals surface area contributed by atoms with Gasteiger partial charge in [0.25, 0.3) is 0 Å². The van der Waals surface area contributed by atoms with E-state index in [9.17, 15) is 0 Å². The molecule has 0 aliphatic carbocycles. The number of nitrogens with one attached hydrogen (secondary N) is 1. The Morgan fingerprint density at radius 2 is 2.29 bits per heavy atom. The van der Waals surface area contributed by atoms with Gasteiger partial charge in [-0.2, -0.15) is 0 Å². The predicted molar refractivity (Wildman–Crippen MR) is 56.5 cm³/mol. The molecular formula is C9H10N2O2S. The third-order valence-electron chi connectivity index (χ3n) is 1.84. The average Bonchev–Trinajstić information content (AvgIpc) is 2.65. The Labute approximate surface area is 87.3 Å².